The van der Waals surface area contributed by atoms with E-state index < -0.39 is 0 Å². The second-order valence-corrected chi connectivity index (χ2v) is 7.71. The summed E-state index contributed by atoms with van der Waals surface area (Å²) in [5.41, 5.74) is 5.67. The van der Waals surface area contributed by atoms with Crippen molar-refractivity contribution in [3.05, 3.63) is 124 Å². The Morgan fingerprint density at radius 1 is 0.871 bits per heavy atom. The van der Waals surface area contributed by atoms with Crippen molar-refractivity contribution in [3.63, 3.8) is 0 Å². The topological polar surface area (TPSA) is 59.3 Å². The molecule has 0 amide bonds. The van der Waals surface area contributed by atoms with E-state index in [9.17, 15) is 10.1 Å². The molecule has 1 aliphatic heterocycles. The molecule has 5 nitrogen and oxygen atoms in total. The van der Waals surface area contributed by atoms with Crippen LogP contribution in [0.25, 0.3) is 16.5 Å². The number of hydrogen-bond acceptors (Lipinski definition) is 4. The van der Waals surface area contributed by atoms with Gasteiger partial charge in [-0.2, -0.15) is 0 Å². The summed E-state index contributed by atoms with van der Waals surface area (Å²) >= 11 is 0. The second kappa shape index (κ2) is 8.03. The van der Waals surface area contributed by atoms with E-state index in [4.69, 9.17) is 4.98 Å². The third-order valence-corrected chi connectivity index (χ3v) is 5.71. The lowest BCUT2D eigenvalue weighted by Crippen LogP contribution is -2.27. The van der Waals surface area contributed by atoms with Crippen LogP contribution >= 0.6 is 0 Å². The molecule has 4 aromatic rings. The van der Waals surface area contributed by atoms with Crippen molar-refractivity contribution in [2.75, 3.05) is 11.4 Å². The fraction of sp³-hybridized carbons (Fsp3) is 0.115. The van der Waals surface area contributed by atoms with Crippen LogP contribution in [0.3, 0.4) is 0 Å². The molecule has 0 saturated carbocycles. The number of para-hydroxylation sites is 2. The van der Waals surface area contributed by atoms with Gasteiger partial charge in [0.05, 0.1) is 17.1 Å². The van der Waals surface area contributed by atoms with Gasteiger partial charge >= 0.3 is 0 Å². The van der Waals surface area contributed by atoms with Gasteiger partial charge in [-0.1, -0.05) is 72.8 Å². The molecule has 0 bridgehead atoms. The molecule has 0 unspecified atom stereocenters. The zero-order valence-electron chi connectivity index (χ0n) is 16.9. The monoisotopic (exact) mass is 407 g/mol. The molecule has 1 aromatic heterocycles. The molecule has 0 radical (unpaired) electrons. The lowest BCUT2D eigenvalue weighted by atomic mass is 9.85. The molecule has 5 heteroatoms. The molecule has 0 N–H and O–H groups in total. The van der Waals surface area contributed by atoms with Crippen molar-refractivity contribution in [2.45, 2.75) is 12.5 Å². The number of nitrogens with zero attached hydrogens (tertiary/aromatic N) is 3. The quantitative estimate of drug-likeness (QED) is 0.317. The highest BCUT2D eigenvalue weighted by Gasteiger charge is 2.32. The Morgan fingerprint density at radius 3 is 2.45 bits per heavy atom. The van der Waals surface area contributed by atoms with Crippen LogP contribution in [-0.2, 0) is 6.54 Å². The number of fused-ring (bicyclic) bond motifs is 2. The van der Waals surface area contributed by atoms with Gasteiger partial charge < -0.3 is 4.90 Å². The summed E-state index contributed by atoms with van der Waals surface area (Å²) in [7, 11) is 0. The number of pyridine rings is 1. The van der Waals surface area contributed by atoms with Crippen molar-refractivity contribution in [2.24, 2.45) is 0 Å². The Labute approximate surface area is 180 Å². The summed E-state index contributed by atoms with van der Waals surface area (Å²) in [5, 5.41) is 12.6. The number of rotatable bonds is 5. The lowest BCUT2D eigenvalue weighted by Gasteiger charge is -2.33. The zero-order chi connectivity index (χ0) is 21.2. The van der Waals surface area contributed by atoms with Gasteiger partial charge in [0.2, 0.25) is 6.54 Å². The maximum Gasteiger partial charge on any atom is 0.214 e. The maximum atomic E-state index is 11.6. The third-order valence-electron chi connectivity index (χ3n) is 5.71. The minimum absolute atomic E-state index is 0.170. The van der Waals surface area contributed by atoms with Gasteiger partial charge in [0.15, 0.2) is 0 Å². The predicted octanol–water partition coefficient (Wildman–Crippen LogP) is 5.66. The van der Waals surface area contributed by atoms with E-state index in [0.717, 1.165) is 33.4 Å². The summed E-state index contributed by atoms with van der Waals surface area (Å²) in [6, 6.07) is 30.1. The van der Waals surface area contributed by atoms with E-state index in [1.54, 1.807) is 0 Å². The number of nitro groups is 1. The first-order valence-corrected chi connectivity index (χ1v) is 10.3. The fourth-order valence-electron chi connectivity index (χ4n) is 4.27. The van der Waals surface area contributed by atoms with Gasteiger partial charge in [-0.3, -0.25) is 10.1 Å². The maximum absolute atomic E-state index is 11.6. The average molecular weight is 407 g/mol. The van der Waals surface area contributed by atoms with E-state index in [1.807, 2.05) is 85.1 Å². The Hall–Kier alpha value is -3.99. The molecule has 0 saturated heterocycles. The molecule has 5 rings (SSSR count). The zero-order valence-corrected chi connectivity index (χ0v) is 16.9. The highest BCUT2D eigenvalue weighted by atomic mass is 16.6. The minimum atomic E-state index is -0.355. The fourth-order valence-corrected chi connectivity index (χ4v) is 4.27. The SMILES string of the molecule is O=[N+]([O-])C[C@H]1C(c2ccc3ccccc3n2)=CN(Cc2ccccc2)c2ccccc21. The molecule has 1 aliphatic rings. The van der Waals surface area contributed by atoms with Crippen LogP contribution in [0.4, 0.5) is 5.69 Å². The highest BCUT2D eigenvalue weighted by Crippen LogP contribution is 2.42. The molecule has 152 valence electrons. The molecule has 3 aromatic carbocycles. The molecule has 2 heterocycles. The molecule has 1 atom stereocenters. The molecular weight excluding hydrogens is 386 g/mol. The Morgan fingerprint density at radius 2 is 1.61 bits per heavy atom. The summed E-state index contributed by atoms with van der Waals surface area (Å²) in [6.07, 6.45) is 2.04. The largest absolute Gasteiger partial charge is 0.343 e. The van der Waals surface area contributed by atoms with Crippen LogP contribution < -0.4 is 4.90 Å². The van der Waals surface area contributed by atoms with Crippen LogP contribution in [0.2, 0.25) is 0 Å². The first kappa shape index (κ1) is 19.0. The predicted molar refractivity (Wildman–Crippen MR) is 123 cm³/mol. The summed E-state index contributed by atoms with van der Waals surface area (Å²) in [4.78, 5) is 18.4. The summed E-state index contributed by atoms with van der Waals surface area (Å²) < 4.78 is 0. The van der Waals surface area contributed by atoms with Crippen molar-refractivity contribution in [1.82, 2.24) is 4.98 Å². The molecular formula is C26H21N3O2. The van der Waals surface area contributed by atoms with Gasteiger partial charge in [-0.25, -0.2) is 4.98 Å². The van der Waals surface area contributed by atoms with Crippen LogP contribution in [-0.4, -0.2) is 16.5 Å². The lowest BCUT2D eigenvalue weighted by molar-refractivity contribution is -0.481. The number of anilines is 1. The summed E-state index contributed by atoms with van der Waals surface area (Å²) in [6.45, 7) is 0.511. The highest BCUT2D eigenvalue weighted by molar-refractivity contribution is 5.84. The molecule has 31 heavy (non-hydrogen) atoms. The van der Waals surface area contributed by atoms with Gasteiger partial charge in [-0.15, -0.1) is 0 Å². The van der Waals surface area contributed by atoms with E-state index in [0.29, 0.717) is 6.54 Å². The van der Waals surface area contributed by atoms with Crippen LogP contribution in [0, 0.1) is 10.1 Å². The van der Waals surface area contributed by atoms with E-state index in [2.05, 4.69) is 17.0 Å². The number of hydrogen-bond donors (Lipinski definition) is 0. The van der Waals surface area contributed by atoms with Gasteiger partial charge in [0.25, 0.3) is 0 Å². The van der Waals surface area contributed by atoms with E-state index >= 15 is 0 Å². The third kappa shape index (κ3) is 3.78. The number of benzene rings is 3. The Kier molecular flexibility index (Phi) is 4.92. The second-order valence-electron chi connectivity index (χ2n) is 7.71. The minimum Gasteiger partial charge on any atom is -0.343 e. The smallest absolute Gasteiger partial charge is 0.214 e. The van der Waals surface area contributed by atoms with Crippen molar-refractivity contribution in [3.8, 4) is 0 Å². The van der Waals surface area contributed by atoms with Crippen LogP contribution in [0.5, 0.6) is 0 Å². The van der Waals surface area contributed by atoms with Crippen molar-refractivity contribution in [1.29, 1.82) is 0 Å². The average Bonchev–Trinajstić information content (AvgIpc) is 2.80. The molecule has 0 aliphatic carbocycles. The first-order chi connectivity index (χ1) is 15.2. The first-order valence-electron chi connectivity index (χ1n) is 10.3. The van der Waals surface area contributed by atoms with Crippen molar-refractivity contribution < 1.29 is 4.92 Å². The standard InChI is InChI=1S/C26H21N3O2/c30-29(31)18-22-21-11-5-7-13-26(21)28(16-19-8-2-1-3-9-19)17-23(22)25-15-14-20-10-4-6-12-24(20)27-25/h1-15,17,22H,16,18H2/t22-/m1/s1. The van der Waals surface area contributed by atoms with E-state index in [-0.39, 0.29) is 17.4 Å². The van der Waals surface area contributed by atoms with Gasteiger partial charge in [0.1, 0.15) is 0 Å². The molecule has 0 fully saturated rings. The Balaban J connectivity index is 1.65. The van der Waals surface area contributed by atoms with Gasteiger partial charge in [-0.05, 0) is 29.3 Å². The van der Waals surface area contributed by atoms with Crippen molar-refractivity contribution >= 4 is 22.2 Å². The number of aromatic nitrogens is 1. The van der Waals surface area contributed by atoms with E-state index in [1.165, 1.54) is 5.56 Å². The summed E-state index contributed by atoms with van der Waals surface area (Å²) in [5.74, 6) is -0.355. The molecule has 0 spiro atoms. The van der Waals surface area contributed by atoms with Crippen LogP contribution in [0.15, 0.2) is 97.2 Å². The normalized spacial score (nSPS) is 15.4. The van der Waals surface area contributed by atoms with Gasteiger partial charge in [0, 0.05) is 34.3 Å². The van der Waals surface area contributed by atoms with Crippen LogP contribution in [0.1, 0.15) is 22.7 Å². The Bertz CT molecular complexity index is 1280.